The molecule has 2 heterocycles. The Balaban J connectivity index is 1.50. The van der Waals surface area contributed by atoms with Gasteiger partial charge in [-0.25, -0.2) is 14.1 Å². The van der Waals surface area contributed by atoms with Gasteiger partial charge in [0.15, 0.2) is 11.6 Å². The van der Waals surface area contributed by atoms with Crippen LogP contribution in [0.1, 0.15) is 69.7 Å². The highest BCUT2D eigenvalue weighted by Gasteiger charge is 2.41. The molecular weight excluding hydrogens is 411 g/mol. The van der Waals surface area contributed by atoms with Gasteiger partial charge in [0, 0.05) is 12.0 Å². The summed E-state index contributed by atoms with van der Waals surface area (Å²) in [5.74, 6) is 2.52. The number of nitrogens with zero attached hydrogens (tertiary/aromatic N) is 3. The van der Waals surface area contributed by atoms with Crippen molar-refractivity contribution < 1.29 is 4.39 Å². The number of aromatic nitrogens is 3. The number of rotatable bonds is 5. The maximum atomic E-state index is 13.6. The lowest BCUT2D eigenvalue weighted by atomic mass is 9.61. The van der Waals surface area contributed by atoms with E-state index in [2.05, 4.69) is 43.4 Å². The molecule has 1 aromatic heterocycles. The topological polar surface area (TPSA) is 42.7 Å². The van der Waals surface area contributed by atoms with Gasteiger partial charge in [-0.1, -0.05) is 57.4 Å². The van der Waals surface area contributed by atoms with Crippen LogP contribution in [0.3, 0.4) is 0 Å². The number of benzene rings is 2. The quantitative estimate of drug-likeness (QED) is 0.500. The van der Waals surface area contributed by atoms with E-state index in [0.717, 1.165) is 42.4 Å². The summed E-state index contributed by atoms with van der Waals surface area (Å²) in [7, 11) is 0. The van der Waals surface area contributed by atoms with Gasteiger partial charge in [0.05, 0.1) is 5.69 Å². The zero-order valence-corrected chi connectivity index (χ0v) is 19.9. The lowest BCUT2D eigenvalue weighted by Gasteiger charge is -2.47. The fourth-order valence-corrected chi connectivity index (χ4v) is 5.86. The molecule has 3 aromatic rings. The van der Waals surface area contributed by atoms with Gasteiger partial charge in [0.1, 0.15) is 5.82 Å². The molecule has 1 spiro atoms. The van der Waals surface area contributed by atoms with Crippen molar-refractivity contribution in [2.75, 3.05) is 13.1 Å². The standard InChI is InChI=1S/C28H35FN4/c1-20(2)21-6-8-22(9-7-21)27-31-26(32-33(27)25-12-10-24(29)11-13-25)18-23-19-30-17-16-28(23)14-4-3-5-15-28/h6-13,20,23,30H,3-5,14-19H2,1-2H3. The van der Waals surface area contributed by atoms with E-state index in [1.165, 1.54) is 56.2 Å². The molecule has 1 saturated carbocycles. The maximum Gasteiger partial charge on any atom is 0.163 e. The second kappa shape index (κ2) is 9.38. The molecule has 2 aliphatic rings. The van der Waals surface area contributed by atoms with Crippen molar-refractivity contribution in [1.82, 2.24) is 20.1 Å². The van der Waals surface area contributed by atoms with Gasteiger partial charge in [-0.2, -0.15) is 5.10 Å². The second-order valence-electron chi connectivity index (χ2n) is 10.3. The minimum Gasteiger partial charge on any atom is -0.316 e. The van der Waals surface area contributed by atoms with Crippen molar-refractivity contribution in [3.8, 4) is 17.1 Å². The molecule has 1 aliphatic carbocycles. The van der Waals surface area contributed by atoms with Crippen molar-refractivity contribution in [3.63, 3.8) is 0 Å². The Kier molecular flexibility index (Phi) is 6.33. The molecule has 5 rings (SSSR count). The van der Waals surface area contributed by atoms with Gasteiger partial charge < -0.3 is 5.32 Å². The van der Waals surface area contributed by atoms with E-state index < -0.39 is 0 Å². The lowest BCUT2D eigenvalue weighted by Crippen LogP contribution is -2.47. The molecule has 1 N–H and O–H groups in total. The first-order chi connectivity index (χ1) is 16.0. The molecule has 0 amide bonds. The Morgan fingerprint density at radius 2 is 1.73 bits per heavy atom. The monoisotopic (exact) mass is 446 g/mol. The summed E-state index contributed by atoms with van der Waals surface area (Å²) in [5, 5.41) is 8.60. The second-order valence-corrected chi connectivity index (χ2v) is 10.3. The molecular formula is C28H35FN4. The minimum atomic E-state index is -0.241. The maximum absolute atomic E-state index is 13.6. The summed E-state index contributed by atoms with van der Waals surface area (Å²) >= 11 is 0. The SMILES string of the molecule is CC(C)c1ccc(-c2nc(CC3CNCCC34CCCCC4)nn2-c2ccc(F)cc2)cc1. The summed E-state index contributed by atoms with van der Waals surface area (Å²) in [6, 6.07) is 15.2. The van der Waals surface area contributed by atoms with Crippen molar-refractivity contribution in [2.24, 2.45) is 11.3 Å². The predicted molar refractivity (Wildman–Crippen MR) is 131 cm³/mol. The third kappa shape index (κ3) is 4.61. The summed E-state index contributed by atoms with van der Waals surface area (Å²) in [5.41, 5.74) is 3.62. The molecule has 1 unspecified atom stereocenters. The van der Waals surface area contributed by atoms with Crippen molar-refractivity contribution >= 4 is 0 Å². The van der Waals surface area contributed by atoms with Crippen LogP contribution in [-0.4, -0.2) is 27.9 Å². The zero-order valence-electron chi connectivity index (χ0n) is 19.9. The van der Waals surface area contributed by atoms with Gasteiger partial charge in [-0.3, -0.25) is 0 Å². The summed E-state index contributed by atoms with van der Waals surface area (Å²) < 4.78 is 15.5. The molecule has 0 bridgehead atoms. The smallest absolute Gasteiger partial charge is 0.163 e. The van der Waals surface area contributed by atoms with Crippen LogP contribution in [0.2, 0.25) is 0 Å². The molecule has 2 aromatic carbocycles. The largest absolute Gasteiger partial charge is 0.316 e. The van der Waals surface area contributed by atoms with Gasteiger partial charge in [-0.05, 0) is 79.4 Å². The van der Waals surface area contributed by atoms with Crippen molar-refractivity contribution in [2.45, 2.75) is 64.7 Å². The number of hydrogen-bond acceptors (Lipinski definition) is 3. The van der Waals surface area contributed by atoms with Gasteiger partial charge in [0.2, 0.25) is 0 Å². The Morgan fingerprint density at radius 3 is 2.42 bits per heavy atom. The molecule has 174 valence electrons. The van der Waals surface area contributed by atoms with Crippen LogP contribution >= 0.6 is 0 Å². The first-order valence-corrected chi connectivity index (χ1v) is 12.6. The third-order valence-electron chi connectivity index (χ3n) is 7.89. The van der Waals surface area contributed by atoms with Crippen LogP contribution in [0.5, 0.6) is 0 Å². The fourth-order valence-electron chi connectivity index (χ4n) is 5.86. The van der Waals surface area contributed by atoms with Crippen LogP contribution in [0, 0.1) is 17.2 Å². The summed E-state index contributed by atoms with van der Waals surface area (Å²) in [6.07, 6.45) is 8.89. The summed E-state index contributed by atoms with van der Waals surface area (Å²) in [6.45, 7) is 6.58. The van der Waals surface area contributed by atoms with Gasteiger partial charge >= 0.3 is 0 Å². The Morgan fingerprint density at radius 1 is 1.00 bits per heavy atom. The Labute approximate surface area is 196 Å². The molecule has 33 heavy (non-hydrogen) atoms. The molecule has 1 aliphatic heterocycles. The number of piperidine rings is 1. The minimum absolute atomic E-state index is 0.241. The molecule has 1 atom stereocenters. The number of nitrogens with one attached hydrogen (secondary N) is 1. The molecule has 5 heteroatoms. The molecule has 2 fully saturated rings. The summed E-state index contributed by atoms with van der Waals surface area (Å²) in [4.78, 5) is 5.06. The van der Waals surface area contributed by atoms with Crippen LogP contribution in [0.25, 0.3) is 17.1 Å². The highest BCUT2D eigenvalue weighted by Crippen LogP contribution is 2.47. The number of hydrogen-bond donors (Lipinski definition) is 1. The van der Waals surface area contributed by atoms with E-state index in [4.69, 9.17) is 10.1 Å². The highest BCUT2D eigenvalue weighted by atomic mass is 19.1. The first kappa shape index (κ1) is 22.3. The van der Waals surface area contributed by atoms with Crippen molar-refractivity contribution in [3.05, 3.63) is 65.7 Å². The van der Waals surface area contributed by atoms with Gasteiger partial charge in [0.25, 0.3) is 0 Å². The molecule has 1 saturated heterocycles. The van der Waals surface area contributed by atoms with Gasteiger partial charge in [-0.15, -0.1) is 0 Å². The predicted octanol–water partition coefficient (Wildman–Crippen LogP) is 6.30. The Bertz CT molecular complexity index is 1050. The van der Waals surface area contributed by atoms with E-state index in [9.17, 15) is 4.39 Å². The van der Waals surface area contributed by atoms with E-state index in [1.807, 2.05) is 4.68 Å². The van der Waals surface area contributed by atoms with E-state index in [1.54, 1.807) is 12.1 Å². The van der Waals surface area contributed by atoms with E-state index in [-0.39, 0.29) is 5.82 Å². The molecule has 4 nitrogen and oxygen atoms in total. The average Bonchev–Trinajstić information content (AvgIpc) is 3.26. The lowest BCUT2D eigenvalue weighted by molar-refractivity contribution is 0.0580. The fraction of sp³-hybridized carbons (Fsp3) is 0.500. The van der Waals surface area contributed by atoms with Crippen LogP contribution in [0.4, 0.5) is 4.39 Å². The normalized spacial score (nSPS) is 20.4. The highest BCUT2D eigenvalue weighted by molar-refractivity contribution is 5.58. The Hall–Kier alpha value is -2.53. The van der Waals surface area contributed by atoms with Crippen molar-refractivity contribution in [1.29, 1.82) is 0 Å². The average molecular weight is 447 g/mol. The van der Waals surface area contributed by atoms with Crippen LogP contribution in [0.15, 0.2) is 48.5 Å². The third-order valence-corrected chi connectivity index (χ3v) is 7.89. The van der Waals surface area contributed by atoms with Crippen LogP contribution in [-0.2, 0) is 6.42 Å². The van der Waals surface area contributed by atoms with E-state index in [0.29, 0.717) is 17.3 Å². The molecule has 0 radical (unpaired) electrons. The zero-order chi connectivity index (χ0) is 22.8. The first-order valence-electron chi connectivity index (χ1n) is 12.6. The van der Waals surface area contributed by atoms with Crippen LogP contribution < -0.4 is 5.32 Å². The van der Waals surface area contributed by atoms with E-state index >= 15 is 0 Å². The number of halogens is 1.